The maximum Gasteiger partial charge on any atom is 0.337 e. The highest BCUT2D eigenvalue weighted by atomic mass is 16.4. The van der Waals surface area contributed by atoms with Crippen molar-refractivity contribution in [2.24, 2.45) is 0 Å². The molecule has 0 atom stereocenters. The van der Waals surface area contributed by atoms with Crippen LogP contribution < -0.4 is 5.32 Å². The number of benzene rings is 2. The number of rotatable bonds is 4. The molecule has 0 radical (unpaired) electrons. The minimum Gasteiger partial charge on any atom is -0.478 e. The third kappa shape index (κ3) is 2.84. The van der Waals surface area contributed by atoms with Gasteiger partial charge in [0.1, 0.15) is 0 Å². The monoisotopic (exact) mass is 278 g/mol. The van der Waals surface area contributed by atoms with Crippen LogP contribution in [0, 0.1) is 0 Å². The van der Waals surface area contributed by atoms with Crippen LogP contribution in [0.3, 0.4) is 0 Å². The molecule has 0 unspecified atom stereocenters. The summed E-state index contributed by atoms with van der Waals surface area (Å²) >= 11 is 0. The number of nitrogens with one attached hydrogen (secondary N) is 1. The van der Waals surface area contributed by atoms with E-state index in [0.717, 1.165) is 16.5 Å². The largest absolute Gasteiger partial charge is 0.478 e. The van der Waals surface area contributed by atoms with Crippen LogP contribution >= 0.6 is 0 Å². The van der Waals surface area contributed by atoms with Crippen molar-refractivity contribution in [3.05, 3.63) is 71.9 Å². The fourth-order valence-electron chi connectivity index (χ4n) is 2.26. The zero-order valence-electron chi connectivity index (χ0n) is 11.3. The first-order chi connectivity index (χ1) is 10.2. The summed E-state index contributed by atoms with van der Waals surface area (Å²) < 4.78 is 0. The number of pyridine rings is 1. The smallest absolute Gasteiger partial charge is 0.337 e. The van der Waals surface area contributed by atoms with Crippen molar-refractivity contribution in [3.63, 3.8) is 0 Å². The number of nitrogens with zero attached hydrogens (tertiary/aromatic N) is 1. The molecule has 0 aliphatic heterocycles. The van der Waals surface area contributed by atoms with E-state index in [9.17, 15) is 4.79 Å². The molecule has 0 amide bonds. The lowest BCUT2D eigenvalue weighted by atomic mass is 10.1. The number of hydrogen-bond acceptors (Lipinski definition) is 3. The van der Waals surface area contributed by atoms with Gasteiger partial charge in [0.05, 0.1) is 11.1 Å². The normalized spacial score (nSPS) is 10.5. The average Bonchev–Trinajstić information content (AvgIpc) is 2.53. The number of carbonyl (C=O) groups is 1. The van der Waals surface area contributed by atoms with E-state index < -0.39 is 5.97 Å². The van der Waals surface area contributed by atoms with E-state index in [1.54, 1.807) is 24.4 Å². The molecule has 3 rings (SSSR count). The summed E-state index contributed by atoms with van der Waals surface area (Å²) in [4.78, 5) is 15.4. The molecular weight excluding hydrogens is 264 g/mol. The molecule has 0 spiro atoms. The Morgan fingerprint density at radius 2 is 1.95 bits per heavy atom. The first-order valence-corrected chi connectivity index (χ1v) is 6.64. The van der Waals surface area contributed by atoms with Crippen molar-refractivity contribution in [1.29, 1.82) is 0 Å². The van der Waals surface area contributed by atoms with Gasteiger partial charge in [0.25, 0.3) is 0 Å². The predicted octanol–water partition coefficient (Wildman–Crippen LogP) is 3.55. The van der Waals surface area contributed by atoms with Crippen LogP contribution in [0.5, 0.6) is 0 Å². The van der Waals surface area contributed by atoms with Gasteiger partial charge in [-0.25, -0.2) is 4.79 Å². The van der Waals surface area contributed by atoms with Crippen LogP contribution in [0.15, 0.2) is 60.8 Å². The van der Waals surface area contributed by atoms with E-state index in [1.165, 1.54) is 0 Å². The highest BCUT2D eigenvalue weighted by Gasteiger charge is 2.08. The molecule has 21 heavy (non-hydrogen) atoms. The van der Waals surface area contributed by atoms with Crippen molar-refractivity contribution in [3.8, 4) is 0 Å². The molecule has 104 valence electrons. The number of carboxylic acids is 1. The molecule has 1 heterocycles. The lowest BCUT2D eigenvalue weighted by Gasteiger charge is -2.10. The van der Waals surface area contributed by atoms with Gasteiger partial charge < -0.3 is 10.4 Å². The lowest BCUT2D eigenvalue weighted by Crippen LogP contribution is -2.06. The molecule has 2 aromatic carbocycles. The Balaban J connectivity index is 1.82. The van der Waals surface area contributed by atoms with Crippen LogP contribution in [-0.4, -0.2) is 16.1 Å². The number of aromatic nitrogens is 1. The van der Waals surface area contributed by atoms with Crippen LogP contribution in [0.4, 0.5) is 5.69 Å². The number of hydrogen-bond donors (Lipinski definition) is 2. The van der Waals surface area contributed by atoms with Gasteiger partial charge in [0, 0.05) is 23.8 Å². The van der Waals surface area contributed by atoms with E-state index in [-0.39, 0.29) is 5.56 Å². The second-order valence-electron chi connectivity index (χ2n) is 4.73. The molecule has 0 aliphatic carbocycles. The Labute approximate surface area is 122 Å². The van der Waals surface area contributed by atoms with Crippen LogP contribution in [0.25, 0.3) is 10.9 Å². The van der Waals surface area contributed by atoms with Gasteiger partial charge in [0.2, 0.25) is 0 Å². The quantitative estimate of drug-likeness (QED) is 0.766. The van der Waals surface area contributed by atoms with Crippen LogP contribution in [0.1, 0.15) is 15.9 Å². The minimum atomic E-state index is -0.930. The Bertz CT molecular complexity index is 799. The highest BCUT2D eigenvalue weighted by Crippen LogP contribution is 2.18. The van der Waals surface area contributed by atoms with Gasteiger partial charge in [-0.15, -0.1) is 0 Å². The third-order valence-electron chi connectivity index (χ3n) is 3.31. The van der Waals surface area contributed by atoms with E-state index in [1.807, 2.05) is 30.3 Å². The molecule has 4 nitrogen and oxygen atoms in total. The van der Waals surface area contributed by atoms with Gasteiger partial charge in [-0.3, -0.25) is 4.98 Å². The first-order valence-electron chi connectivity index (χ1n) is 6.64. The first kappa shape index (κ1) is 13.1. The van der Waals surface area contributed by atoms with Crippen LogP contribution in [-0.2, 0) is 6.54 Å². The van der Waals surface area contributed by atoms with Gasteiger partial charge in [-0.1, -0.05) is 24.3 Å². The molecular formula is C17H14N2O2. The SMILES string of the molecule is O=C(O)c1ccccc1NCc1ccc2ncccc2c1. The van der Waals surface area contributed by atoms with Crippen molar-refractivity contribution < 1.29 is 9.90 Å². The summed E-state index contributed by atoms with van der Waals surface area (Å²) in [5.74, 6) is -0.930. The lowest BCUT2D eigenvalue weighted by molar-refractivity contribution is 0.0698. The van der Waals surface area contributed by atoms with E-state index >= 15 is 0 Å². The fraction of sp³-hybridized carbons (Fsp3) is 0.0588. The molecule has 4 heteroatoms. The second kappa shape index (κ2) is 5.63. The Kier molecular flexibility index (Phi) is 3.51. The van der Waals surface area contributed by atoms with Gasteiger partial charge in [-0.05, 0) is 35.9 Å². The predicted molar refractivity (Wildman–Crippen MR) is 82.5 cm³/mol. The topological polar surface area (TPSA) is 62.2 Å². The molecule has 0 saturated heterocycles. The number of carboxylic acid groups (broad SMARTS) is 1. The Hall–Kier alpha value is -2.88. The summed E-state index contributed by atoms with van der Waals surface area (Å²) in [6.45, 7) is 0.565. The van der Waals surface area contributed by atoms with Gasteiger partial charge >= 0.3 is 5.97 Å². The van der Waals surface area contributed by atoms with Crippen molar-refractivity contribution >= 4 is 22.6 Å². The minimum absolute atomic E-state index is 0.278. The molecule has 3 aromatic rings. The summed E-state index contributed by atoms with van der Waals surface area (Å²) in [7, 11) is 0. The maximum atomic E-state index is 11.2. The zero-order chi connectivity index (χ0) is 14.7. The van der Waals surface area contributed by atoms with Crippen LogP contribution in [0.2, 0.25) is 0 Å². The fourth-order valence-corrected chi connectivity index (χ4v) is 2.26. The summed E-state index contributed by atoms with van der Waals surface area (Å²) in [6, 6.07) is 16.8. The number of anilines is 1. The molecule has 2 N–H and O–H groups in total. The number of aromatic carboxylic acids is 1. The van der Waals surface area contributed by atoms with E-state index in [4.69, 9.17) is 5.11 Å². The summed E-state index contributed by atoms with van der Waals surface area (Å²) in [6.07, 6.45) is 1.77. The Morgan fingerprint density at radius 1 is 1.10 bits per heavy atom. The maximum absolute atomic E-state index is 11.2. The zero-order valence-corrected chi connectivity index (χ0v) is 11.3. The van der Waals surface area contributed by atoms with E-state index in [0.29, 0.717) is 12.2 Å². The van der Waals surface area contributed by atoms with Gasteiger partial charge in [0.15, 0.2) is 0 Å². The number of fused-ring (bicyclic) bond motifs is 1. The van der Waals surface area contributed by atoms with Crippen molar-refractivity contribution in [1.82, 2.24) is 4.98 Å². The molecule has 0 saturated carbocycles. The average molecular weight is 278 g/mol. The Morgan fingerprint density at radius 3 is 2.81 bits per heavy atom. The third-order valence-corrected chi connectivity index (χ3v) is 3.31. The van der Waals surface area contributed by atoms with E-state index in [2.05, 4.69) is 16.4 Å². The molecule has 0 aliphatic rings. The summed E-state index contributed by atoms with van der Waals surface area (Å²) in [5, 5.41) is 13.4. The van der Waals surface area contributed by atoms with Gasteiger partial charge in [-0.2, -0.15) is 0 Å². The number of para-hydroxylation sites is 1. The van der Waals surface area contributed by atoms with Crippen molar-refractivity contribution in [2.45, 2.75) is 6.54 Å². The van der Waals surface area contributed by atoms with Crippen molar-refractivity contribution in [2.75, 3.05) is 5.32 Å². The molecule has 0 fully saturated rings. The molecule has 0 bridgehead atoms. The standard InChI is InChI=1S/C17H14N2O2/c20-17(21)14-5-1-2-6-16(14)19-11-12-7-8-15-13(10-12)4-3-9-18-15/h1-10,19H,11H2,(H,20,21). The summed E-state index contributed by atoms with van der Waals surface area (Å²) in [5.41, 5.74) is 2.93. The highest BCUT2D eigenvalue weighted by molar-refractivity contribution is 5.94. The molecule has 1 aromatic heterocycles. The second-order valence-corrected chi connectivity index (χ2v) is 4.73.